The van der Waals surface area contributed by atoms with Crippen LogP contribution in [0, 0.1) is 17.7 Å². The number of halogens is 1. The Labute approximate surface area is 169 Å². The molecule has 1 aromatic heterocycles. The van der Waals surface area contributed by atoms with E-state index in [0.29, 0.717) is 29.6 Å². The second kappa shape index (κ2) is 9.82. The normalized spacial score (nSPS) is 17.6. The fourth-order valence-electron chi connectivity index (χ4n) is 3.66. The van der Waals surface area contributed by atoms with Gasteiger partial charge in [0.1, 0.15) is 5.82 Å². The van der Waals surface area contributed by atoms with Gasteiger partial charge in [-0.25, -0.2) is 15.0 Å². The van der Waals surface area contributed by atoms with Crippen LogP contribution in [-0.4, -0.2) is 45.1 Å². The van der Waals surface area contributed by atoms with E-state index in [1.165, 1.54) is 0 Å². The highest BCUT2D eigenvalue weighted by Crippen LogP contribution is 2.31. The Morgan fingerprint density at radius 3 is 2.59 bits per heavy atom. The van der Waals surface area contributed by atoms with E-state index in [1.54, 1.807) is 0 Å². The molecule has 0 aromatic carbocycles. The third kappa shape index (κ3) is 5.99. The van der Waals surface area contributed by atoms with Crippen LogP contribution in [0.15, 0.2) is 0 Å². The van der Waals surface area contributed by atoms with Crippen LogP contribution in [-0.2, 0) is 16.0 Å². The highest BCUT2D eigenvalue weighted by molar-refractivity contribution is 5.80. The summed E-state index contributed by atoms with van der Waals surface area (Å²) < 4.78 is 14.7. The fourth-order valence-corrected chi connectivity index (χ4v) is 3.66. The summed E-state index contributed by atoms with van der Waals surface area (Å²) in [5.41, 5.74) is 5.05. The Morgan fingerprint density at radius 1 is 1.28 bits per heavy atom. The number of nitrogens with zero attached hydrogens (tertiary/aromatic N) is 3. The Morgan fingerprint density at radius 2 is 1.97 bits per heavy atom. The van der Waals surface area contributed by atoms with E-state index in [0.717, 1.165) is 38.5 Å². The highest BCUT2D eigenvalue weighted by Gasteiger charge is 2.28. The van der Waals surface area contributed by atoms with Crippen molar-refractivity contribution in [3.8, 4) is 0 Å². The molecule has 160 valence electrons. The minimum Gasteiger partial charge on any atom is -0.365 e. The molecule has 2 amide bonds. The van der Waals surface area contributed by atoms with Crippen molar-refractivity contribution in [1.82, 2.24) is 20.5 Å². The first-order chi connectivity index (χ1) is 14.0. The molecule has 9 nitrogen and oxygen atoms in total. The number of hydrogen-bond donors (Lipinski definition) is 4. The molecular formula is C19H29FN6O3. The second-order valence-corrected chi connectivity index (χ2v) is 7.85. The van der Waals surface area contributed by atoms with E-state index < -0.39 is 17.6 Å². The van der Waals surface area contributed by atoms with Crippen molar-refractivity contribution >= 4 is 24.0 Å². The summed E-state index contributed by atoms with van der Waals surface area (Å²) in [5, 5.41) is 13.1. The molecule has 0 radical (unpaired) electrons. The van der Waals surface area contributed by atoms with Crippen LogP contribution in [0.2, 0.25) is 0 Å². The van der Waals surface area contributed by atoms with E-state index in [9.17, 15) is 19.2 Å². The topological polar surface area (TPSA) is 119 Å². The molecule has 2 fully saturated rings. The van der Waals surface area contributed by atoms with Crippen LogP contribution in [0.4, 0.5) is 16.0 Å². The zero-order chi connectivity index (χ0) is 20.8. The average Bonchev–Trinajstić information content (AvgIpc) is 3.39. The number of aryl methyl sites for hydroxylation is 1. The van der Waals surface area contributed by atoms with Crippen molar-refractivity contribution in [1.29, 1.82) is 0 Å². The number of hydroxylamine groups is 2. The number of nitrogens with one attached hydrogen (secondary N) is 3. The molecule has 29 heavy (non-hydrogen) atoms. The number of rotatable bonds is 11. The first kappa shape index (κ1) is 21.2. The Hall–Kier alpha value is -2.49. The number of hydrazine groups is 1. The van der Waals surface area contributed by atoms with Crippen molar-refractivity contribution in [3.63, 3.8) is 0 Å². The van der Waals surface area contributed by atoms with E-state index in [-0.39, 0.29) is 30.6 Å². The molecular weight excluding hydrogens is 379 g/mol. The number of anilines is 2. The minimum absolute atomic E-state index is 0.107. The maximum absolute atomic E-state index is 14.7. The predicted molar refractivity (Wildman–Crippen MR) is 104 cm³/mol. The largest absolute Gasteiger partial charge is 0.365 e. The maximum atomic E-state index is 14.7. The quantitative estimate of drug-likeness (QED) is 0.252. The summed E-state index contributed by atoms with van der Waals surface area (Å²) >= 11 is 0. The standard InChI is InChI=1S/C19H29FN6O3/c1-2-15-22-17(21-14-7-8-14)16(20)18(23-15)24-25-19(28)13(10-26(29)11-27)9-12-5-3-4-6-12/h11-14,29H,2-10H2,1H3,(H,25,28)(H2,21,22,23,24). The number of hydrogen-bond acceptors (Lipinski definition) is 7. The summed E-state index contributed by atoms with van der Waals surface area (Å²) in [7, 11) is 0. The van der Waals surface area contributed by atoms with E-state index in [1.807, 2.05) is 6.92 Å². The SMILES string of the molecule is CCc1nc(NNC(=O)C(CC2CCCC2)CN(O)C=O)c(F)c(NC2CC2)n1. The van der Waals surface area contributed by atoms with Gasteiger partial charge in [0, 0.05) is 12.5 Å². The van der Waals surface area contributed by atoms with Crippen molar-refractivity contribution < 1.29 is 19.2 Å². The van der Waals surface area contributed by atoms with Gasteiger partial charge in [0.05, 0.1) is 12.5 Å². The van der Waals surface area contributed by atoms with Crippen molar-refractivity contribution in [3.05, 3.63) is 11.6 Å². The van der Waals surface area contributed by atoms with Gasteiger partial charge in [-0.1, -0.05) is 32.6 Å². The molecule has 2 aliphatic rings. The van der Waals surface area contributed by atoms with E-state index >= 15 is 0 Å². The molecule has 0 spiro atoms. The molecule has 1 aromatic rings. The summed E-state index contributed by atoms with van der Waals surface area (Å²) in [6, 6.07) is 0.223. The zero-order valence-electron chi connectivity index (χ0n) is 16.7. The van der Waals surface area contributed by atoms with Gasteiger partial charge in [-0.15, -0.1) is 0 Å². The van der Waals surface area contributed by atoms with Gasteiger partial charge in [-0.05, 0) is 25.2 Å². The van der Waals surface area contributed by atoms with Crippen LogP contribution in [0.5, 0.6) is 0 Å². The lowest BCUT2D eigenvalue weighted by molar-refractivity contribution is -0.154. The first-order valence-corrected chi connectivity index (χ1v) is 10.3. The summed E-state index contributed by atoms with van der Waals surface area (Å²) in [5.74, 6) is -0.839. The van der Waals surface area contributed by atoms with Crippen LogP contribution >= 0.6 is 0 Å². The second-order valence-electron chi connectivity index (χ2n) is 7.85. The molecule has 0 aliphatic heterocycles. The summed E-state index contributed by atoms with van der Waals surface area (Å²) in [6.07, 6.45) is 7.59. The van der Waals surface area contributed by atoms with Gasteiger partial charge in [0.2, 0.25) is 18.1 Å². The number of carbonyl (C=O) groups excluding carboxylic acids is 2. The van der Waals surface area contributed by atoms with Crippen molar-refractivity contribution in [2.24, 2.45) is 11.8 Å². The van der Waals surface area contributed by atoms with Gasteiger partial charge in [0.25, 0.3) is 0 Å². The third-order valence-electron chi connectivity index (χ3n) is 5.43. The van der Waals surface area contributed by atoms with E-state index in [4.69, 9.17) is 0 Å². The fraction of sp³-hybridized carbons (Fsp3) is 0.684. The highest BCUT2D eigenvalue weighted by atomic mass is 19.1. The van der Waals surface area contributed by atoms with Crippen LogP contribution < -0.4 is 16.2 Å². The molecule has 2 aliphatic carbocycles. The third-order valence-corrected chi connectivity index (χ3v) is 5.43. The van der Waals surface area contributed by atoms with Crippen LogP contribution in [0.25, 0.3) is 0 Å². The van der Waals surface area contributed by atoms with Crippen LogP contribution in [0.3, 0.4) is 0 Å². The zero-order valence-corrected chi connectivity index (χ0v) is 16.7. The maximum Gasteiger partial charge on any atom is 0.243 e. The molecule has 3 rings (SSSR count). The van der Waals surface area contributed by atoms with E-state index in [2.05, 4.69) is 26.1 Å². The van der Waals surface area contributed by atoms with Gasteiger partial charge >= 0.3 is 0 Å². The van der Waals surface area contributed by atoms with Crippen LogP contribution in [0.1, 0.15) is 57.7 Å². The summed E-state index contributed by atoms with van der Waals surface area (Å²) in [4.78, 5) is 31.8. The lowest BCUT2D eigenvalue weighted by Crippen LogP contribution is -2.41. The molecule has 1 unspecified atom stereocenters. The van der Waals surface area contributed by atoms with Gasteiger partial charge < -0.3 is 5.32 Å². The number of amides is 2. The van der Waals surface area contributed by atoms with Gasteiger partial charge in [0.15, 0.2) is 11.6 Å². The molecule has 10 heteroatoms. The van der Waals surface area contributed by atoms with Gasteiger partial charge in [-0.3, -0.25) is 25.6 Å². The minimum atomic E-state index is -0.654. The predicted octanol–water partition coefficient (Wildman–Crippen LogP) is 2.24. The van der Waals surface area contributed by atoms with Crippen molar-refractivity contribution in [2.75, 3.05) is 17.3 Å². The molecule has 0 saturated heterocycles. The lowest BCUT2D eigenvalue weighted by atomic mass is 9.92. The Balaban J connectivity index is 1.66. The molecule has 0 bridgehead atoms. The monoisotopic (exact) mass is 408 g/mol. The molecule has 4 N–H and O–H groups in total. The molecule has 2 saturated carbocycles. The van der Waals surface area contributed by atoms with Gasteiger partial charge in [-0.2, -0.15) is 4.39 Å². The Bertz CT molecular complexity index is 724. The smallest absolute Gasteiger partial charge is 0.243 e. The average molecular weight is 408 g/mol. The number of carbonyl (C=O) groups is 2. The summed E-state index contributed by atoms with van der Waals surface area (Å²) in [6.45, 7) is 1.75. The number of aromatic nitrogens is 2. The first-order valence-electron chi connectivity index (χ1n) is 10.3. The molecule has 1 atom stereocenters. The lowest BCUT2D eigenvalue weighted by Gasteiger charge is -2.22. The van der Waals surface area contributed by atoms with Crippen molar-refractivity contribution in [2.45, 2.75) is 64.3 Å². The molecule has 1 heterocycles. The Kier molecular flexibility index (Phi) is 7.18.